The molecule has 0 bridgehead atoms. The molecule has 2 fully saturated rings. The Morgan fingerprint density at radius 3 is 3.00 bits per heavy atom. The van der Waals surface area contributed by atoms with Crippen LogP contribution in [0.25, 0.3) is 11.4 Å². The van der Waals surface area contributed by atoms with E-state index in [9.17, 15) is 0 Å². The summed E-state index contributed by atoms with van der Waals surface area (Å²) in [6.45, 7) is 5.31. The summed E-state index contributed by atoms with van der Waals surface area (Å²) in [4.78, 5) is 7.08. The van der Waals surface area contributed by atoms with E-state index in [1.165, 1.54) is 0 Å². The second-order valence-electron chi connectivity index (χ2n) is 7.20. The minimum atomic E-state index is 0.136. The molecule has 2 saturated heterocycles. The van der Waals surface area contributed by atoms with E-state index in [2.05, 4.69) is 20.6 Å². The Morgan fingerprint density at radius 1 is 1.33 bits per heavy atom. The van der Waals surface area contributed by atoms with Crippen LogP contribution >= 0.6 is 11.6 Å². The van der Waals surface area contributed by atoms with Crippen molar-refractivity contribution in [1.29, 1.82) is 0 Å². The smallest absolute Gasteiger partial charge is 0.140 e. The Morgan fingerprint density at radius 2 is 2.22 bits per heavy atom. The van der Waals surface area contributed by atoms with Gasteiger partial charge in [0.25, 0.3) is 0 Å². The highest BCUT2D eigenvalue weighted by molar-refractivity contribution is 6.32. The number of ether oxygens (including phenoxy) is 2. The largest absolute Gasteiger partial charge is 0.492 e. The molecule has 146 valence electrons. The van der Waals surface area contributed by atoms with Crippen molar-refractivity contribution in [2.24, 2.45) is 0 Å². The molecule has 0 aliphatic carbocycles. The van der Waals surface area contributed by atoms with Gasteiger partial charge in [0.15, 0.2) is 0 Å². The van der Waals surface area contributed by atoms with Crippen LogP contribution in [0.3, 0.4) is 0 Å². The zero-order valence-corrected chi connectivity index (χ0v) is 16.3. The van der Waals surface area contributed by atoms with E-state index in [0.717, 1.165) is 37.5 Å². The second kappa shape index (κ2) is 8.19. The lowest BCUT2D eigenvalue weighted by Gasteiger charge is -2.34. The number of benzene rings is 1. The summed E-state index contributed by atoms with van der Waals surface area (Å²) in [7, 11) is 0. The molecular formula is C20H26ClN3O3. The zero-order valence-electron chi connectivity index (χ0n) is 15.6. The van der Waals surface area contributed by atoms with Gasteiger partial charge in [-0.3, -0.25) is 4.90 Å². The topological polar surface area (TPSA) is 59.8 Å². The number of morpholine rings is 1. The van der Waals surface area contributed by atoms with Gasteiger partial charge in [0.1, 0.15) is 11.6 Å². The standard InChI is InChI=1S/C20H26ClN3O3/c1-2-26-19-4-3-14(9-18(19)21)20-22-6-7-24(20)15-10-16-13-27-17(5-8-25)12-23(16)11-15/h3-4,6-7,9,15-17,25H,2,5,8,10-13H2,1H3/t15-,16-,17-/m0/s1. The first kappa shape index (κ1) is 18.7. The van der Waals surface area contributed by atoms with Crippen LogP contribution in [0.2, 0.25) is 5.02 Å². The van der Waals surface area contributed by atoms with Crippen LogP contribution in [0.1, 0.15) is 25.8 Å². The number of hydrogen-bond donors (Lipinski definition) is 1. The van der Waals surface area contributed by atoms with E-state index in [4.69, 9.17) is 26.2 Å². The molecule has 1 aromatic heterocycles. The van der Waals surface area contributed by atoms with Crippen LogP contribution in [0.15, 0.2) is 30.6 Å². The highest BCUT2D eigenvalue weighted by Crippen LogP contribution is 2.35. The first-order valence-corrected chi connectivity index (χ1v) is 9.99. The molecule has 4 rings (SSSR count). The maximum Gasteiger partial charge on any atom is 0.140 e. The van der Waals surface area contributed by atoms with Crippen molar-refractivity contribution in [3.8, 4) is 17.1 Å². The average molecular weight is 392 g/mol. The van der Waals surface area contributed by atoms with E-state index >= 15 is 0 Å². The van der Waals surface area contributed by atoms with Crippen LogP contribution in [-0.4, -0.2) is 64.6 Å². The molecule has 1 aromatic carbocycles. The molecule has 6 nitrogen and oxygen atoms in total. The van der Waals surface area contributed by atoms with Gasteiger partial charge in [-0.25, -0.2) is 4.98 Å². The Balaban J connectivity index is 1.52. The van der Waals surface area contributed by atoms with Gasteiger partial charge >= 0.3 is 0 Å². The summed E-state index contributed by atoms with van der Waals surface area (Å²) in [6.07, 6.45) is 5.78. The maximum absolute atomic E-state index is 9.17. The fourth-order valence-corrected chi connectivity index (χ4v) is 4.41. The van der Waals surface area contributed by atoms with E-state index in [1.807, 2.05) is 31.3 Å². The van der Waals surface area contributed by atoms with Crippen molar-refractivity contribution >= 4 is 11.6 Å². The third kappa shape index (κ3) is 3.85. The van der Waals surface area contributed by atoms with Crippen molar-refractivity contribution in [2.45, 2.75) is 38.0 Å². The second-order valence-corrected chi connectivity index (χ2v) is 7.61. The van der Waals surface area contributed by atoms with Crippen molar-refractivity contribution in [2.75, 3.05) is 32.9 Å². The third-order valence-electron chi connectivity index (χ3n) is 5.47. The first-order valence-electron chi connectivity index (χ1n) is 9.61. The molecule has 2 aromatic rings. The van der Waals surface area contributed by atoms with Crippen LogP contribution in [0, 0.1) is 0 Å². The molecule has 0 radical (unpaired) electrons. The Kier molecular flexibility index (Phi) is 5.68. The summed E-state index contributed by atoms with van der Waals surface area (Å²) < 4.78 is 13.7. The summed E-state index contributed by atoms with van der Waals surface area (Å²) in [6, 6.07) is 6.64. The molecule has 2 aliphatic heterocycles. The number of hydrogen-bond acceptors (Lipinski definition) is 5. The lowest BCUT2D eigenvalue weighted by molar-refractivity contribution is -0.0567. The molecule has 7 heteroatoms. The van der Waals surface area contributed by atoms with E-state index in [1.54, 1.807) is 0 Å². The van der Waals surface area contributed by atoms with Crippen LogP contribution in [0.5, 0.6) is 5.75 Å². The quantitative estimate of drug-likeness (QED) is 0.820. The highest BCUT2D eigenvalue weighted by Gasteiger charge is 2.38. The van der Waals surface area contributed by atoms with E-state index in [0.29, 0.717) is 35.9 Å². The van der Waals surface area contributed by atoms with Crippen LogP contribution in [0.4, 0.5) is 0 Å². The average Bonchev–Trinajstić information content (AvgIpc) is 3.30. The van der Waals surface area contributed by atoms with Gasteiger partial charge in [-0.15, -0.1) is 0 Å². The number of aliphatic hydroxyl groups excluding tert-OH is 1. The summed E-state index contributed by atoms with van der Waals surface area (Å²) in [5.41, 5.74) is 0.993. The van der Waals surface area contributed by atoms with Crippen LogP contribution in [-0.2, 0) is 4.74 Å². The highest BCUT2D eigenvalue weighted by atomic mass is 35.5. The Labute approximate surface area is 164 Å². The predicted octanol–water partition coefficient (Wildman–Crippen LogP) is 3.00. The molecule has 3 atom stereocenters. The summed E-state index contributed by atoms with van der Waals surface area (Å²) >= 11 is 6.38. The van der Waals surface area contributed by atoms with Crippen LogP contribution < -0.4 is 4.74 Å². The number of nitrogens with zero attached hydrogens (tertiary/aromatic N) is 3. The van der Waals surface area contributed by atoms with Gasteiger partial charge < -0.3 is 19.1 Å². The van der Waals surface area contributed by atoms with Crippen molar-refractivity contribution in [3.05, 3.63) is 35.6 Å². The fourth-order valence-electron chi connectivity index (χ4n) is 4.18. The zero-order chi connectivity index (χ0) is 18.8. The van der Waals surface area contributed by atoms with E-state index < -0.39 is 0 Å². The van der Waals surface area contributed by atoms with E-state index in [-0.39, 0.29) is 12.7 Å². The van der Waals surface area contributed by atoms with Crippen molar-refractivity contribution in [3.63, 3.8) is 0 Å². The molecular weight excluding hydrogens is 366 g/mol. The third-order valence-corrected chi connectivity index (χ3v) is 5.77. The summed E-state index contributed by atoms with van der Waals surface area (Å²) in [5, 5.41) is 9.77. The number of halogens is 1. The fraction of sp³-hybridized carbons (Fsp3) is 0.550. The van der Waals surface area contributed by atoms with Crippen molar-refractivity contribution in [1.82, 2.24) is 14.5 Å². The predicted molar refractivity (Wildman–Crippen MR) is 104 cm³/mol. The lowest BCUT2D eigenvalue weighted by atomic mass is 10.1. The number of imidazole rings is 1. The number of aromatic nitrogens is 2. The Hall–Kier alpha value is -1.60. The van der Waals surface area contributed by atoms with Gasteiger partial charge in [-0.2, -0.15) is 0 Å². The monoisotopic (exact) mass is 391 g/mol. The number of fused-ring (bicyclic) bond motifs is 1. The molecule has 2 aliphatic rings. The first-order chi connectivity index (χ1) is 13.2. The van der Waals surface area contributed by atoms with Gasteiger partial charge in [0, 0.05) is 49.7 Å². The molecule has 1 N–H and O–H groups in total. The van der Waals surface area contributed by atoms with Gasteiger partial charge in [0.05, 0.1) is 24.3 Å². The summed E-state index contributed by atoms with van der Waals surface area (Å²) in [5.74, 6) is 1.63. The number of aliphatic hydroxyl groups is 1. The molecule has 0 unspecified atom stereocenters. The minimum Gasteiger partial charge on any atom is -0.492 e. The van der Waals surface area contributed by atoms with Gasteiger partial charge in [-0.1, -0.05) is 11.6 Å². The molecule has 0 amide bonds. The molecule has 3 heterocycles. The Bertz CT molecular complexity index is 782. The minimum absolute atomic E-state index is 0.136. The molecule has 0 saturated carbocycles. The lowest BCUT2D eigenvalue weighted by Crippen LogP contribution is -2.46. The maximum atomic E-state index is 9.17. The molecule has 27 heavy (non-hydrogen) atoms. The SMILES string of the molecule is CCOc1ccc(-c2nccn2[C@H]2C[C@H]3CO[C@@H](CCO)CN3C2)cc1Cl. The van der Waals surface area contributed by atoms with Crippen molar-refractivity contribution < 1.29 is 14.6 Å². The van der Waals surface area contributed by atoms with Gasteiger partial charge in [0.2, 0.25) is 0 Å². The number of rotatable bonds is 6. The normalized spacial score (nSPS) is 25.5. The van der Waals surface area contributed by atoms with Gasteiger partial charge in [-0.05, 0) is 38.0 Å². The molecule has 0 spiro atoms.